The van der Waals surface area contributed by atoms with E-state index < -0.39 is 12.4 Å². The van der Waals surface area contributed by atoms with Gasteiger partial charge in [-0.2, -0.15) is 4.99 Å². The van der Waals surface area contributed by atoms with Crippen LogP contribution in [0, 0.1) is 6.92 Å². The molecule has 0 atom stereocenters. The minimum Gasteiger partial charge on any atom is -0.406 e. The number of ether oxygens (including phenoxy) is 2. The number of urea groups is 1. The van der Waals surface area contributed by atoms with Gasteiger partial charge in [0.1, 0.15) is 12.1 Å². The van der Waals surface area contributed by atoms with Crippen molar-refractivity contribution in [1.29, 1.82) is 0 Å². The first-order chi connectivity index (χ1) is 21.1. The summed E-state index contributed by atoms with van der Waals surface area (Å²) in [5.41, 5.74) is 6.55. The number of amides is 3. The number of halogens is 3. The van der Waals surface area contributed by atoms with Crippen molar-refractivity contribution in [2.24, 2.45) is 4.99 Å². The number of carbonyl (C=O) groups is 2. The van der Waals surface area contributed by atoms with Crippen molar-refractivity contribution in [1.82, 2.24) is 20.2 Å². The topological polar surface area (TPSA) is 120 Å². The van der Waals surface area contributed by atoms with E-state index in [0.29, 0.717) is 29.4 Å². The van der Waals surface area contributed by atoms with Crippen LogP contribution >= 0.6 is 11.8 Å². The zero-order valence-corrected chi connectivity index (χ0v) is 24.2. The highest BCUT2D eigenvalue weighted by molar-refractivity contribution is 8.15. The van der Waals surface area contributed by atoms with Gasteiger partial charge in [0.2, 0.25) is 5.91 Å². The normalized spacial score (nSPS) is 14.3. The summed E-state index contributed by atoms with van der Waals surface area (Å²) in [6.45, 7) is 2.24. The number of anilines is 1. The summed E-state index contributed by atoms with van der Waals surface area (Å²) in [7, 11) is 1.56. The Kier molecular flexibility index (Phi) is 9.27. The van der Waals surface area contributed by atoms with Gasteiger partial charge in [0.15, 0.2) is 11.0 Å². The average Bonchev–Trinajstić information content (AvgIpc) is 3.61. The number of nitrogens with zero attached hydrogens (tertiary/aromatic N) is 5. The number of benzene rings is 3. The molecule has 1 fully saturated rings. The first-order valence-corrected chi connectivity index (χ1v) is 14.0. The van der Waals surface area contributed by atoms with Gasteiger partial charge in [-0.05, 0) is 48.4 Å². The molecule has 1 N–H and O–H groups in total. The van der Waals surface area contributed by atoms with Crippen LogP contribution in [-0.2, 0) is 27.6 Å². The van der Waals surface area contributed by atoms with Crippen molar-refractivity contribution in [2.75, 3.05) is 17.8 Å². The molecule has 0 bridgehead atoms. The smallest absolute Gasteiger partial charge is 0.406 e. The first kappa shape index (κ1) is 30.7. The Morgan fingerprint density at radius 3 is 2.52 bits per heavy atom. The van der Waals surface area contributed by atoms with Crippen LogP contribution in [0.3, 0.4) is 0 Å². The monoisotopic (exact) mass is 626 g/mol. The molecule has 4 aromatic rings. The number of methoxy groups -OCH3 is 1. The highest BCUT2D eigenvalue weighted by Gasteiger charge is 2.32. The summed E-state index contributed by atoms with van der Waals surface area (Å²) in [5, 5.41) is 4.61. The summed E-state index contributed by atoms with van der Waals surface area (Å²) in [6, 6.07) is 17.2. The van der Waals surface area contributed by atoms with E-state index in [1.165, 1.54) is 40.2 Å². The number of aliphatic imine (C=N–C) groups is 1. The SMILES string of the molecule is COCc1ccc(C)cc1N1C(=O)CSC1=NC(=O)NOCc1ccc(-c2ncn(-c3ccc(OC(F)(F)F)cc3)n2)cc1. The second-order valence-corrected chi connectivity index (χ2v) is 10.4. The quantitative estimate of drug-likeness (QED) is 0.240. The highest BCUT2D eigenvalue weighted by atomic mass is 32.2. The number of alkyl halides is 3. The van der Waals surface area contributed by atoms with Gasteiger partial charge in [-0.15, -0.1) is 18.3 Å². The molecule has 0 radical (unpaired) electrons. The third kappa shape index (κ3) is 7.61. The van der Waals surface area contributed by atoms with Gasteiger partial charge in [0, 0.05) is 18.2 Å². The second-order valence-electron chi connectivity index (χ2n) is 9.42. The molecule has 5 rings (SSSR count). The molecular formula is C29H25F3N6O5S. The second kappa shape index (κ2) is 13.3. The van der Waals surface area contributed by atoms with E-state index in [1.807, 2.05) is 25.1 Å². The van der Waals surface area contributed by atoms with E-state index in [-0.39, 0.29) is 29.2 Å². The maximum absolute atomic E-state index is 12.7. The third-order valence-corrected chi connectivity index (χ3v) is 7.10. The minimum atomic E-state index is -4.77. The number of hydrogen-bond donors (Lipinski definition) is 1. The Morgan fingerprint density at radius 2 is 1.82 bits per heavy atom. The Labute approximate surface area is 253 Å². The number of aryl methyl sites for hydroxylation is 1. The number of amidine groups is 1. The maximum Gasteiger partial charge on any atom is 0.573 e. The van der Waals surface area contributed by atoms with Gasteiger partial charge in [-0.3, -0.25) is 14.5 Å². The Hall–Kier alpha value is -4.73. The van der Waals surface area contributed by atoms with Gasteiger partial charge in [0.25, 0.3) is 0 Å². The predicted octanol–water partition coefficient (Wildman–Crippen LogP) is 5.56. The van der Waals surface area contributed by atoms with E-state index >= 15 is 0 Å². The van der Waals surface area contributed by atoms with Crippen molar-refractivity contribution in [2.45, 2.75) is 26.5 Å². The van der Waals surface area contributed by atoms with Crippen molar-refractivity contribution < 1.29 is 37.1 Å². The molecule has 1 aliphatic heterocycles. The van der Waals surface area contributed by atoms with E-state index in [9.17, 15) is 22.8 Å². The predicted molar refractivity (Wildman–Crippen MR) is 156 cm³/mol. The molecule has 15 heteroatoms. The summed E-state index contributed by atoms with van der Waals surface area (Å²) in [4.78, 5) is 40.2. The number of carbonyl (C=O) groups excluding carboxylic acids is 2. The lowest BCUT2D eigenvalue weighted by molar-refractivity contribution is -0.274. The molecule has 0 unspecified atom stereocenters. The summed E-state index contributed by atoms with van der Waals surface area (Å²) in [5.74, 6) is 0.0120. The lowest BCUT2D eigenvalue weighted by atomic mass is 10.1. The number of hydroxylamine groups is 1. The van der Waals surface area contributed by atoms with E-state index in [2.05, 4.69) is 25.3 Å². The Bertz CT molecular complexity index is 1680. The minimum absolute atomic E-state index is 0.0384. The fourth-order valence-corrected chi connectivity index (χ4v) is 5.06. The van der Waals surface area contributed by atoms with E-state index in [1.54, 1.807) is 31.4 Å². The van der Waals surface area contributed by atoms with Gasteiger partial charge in [0.05, 0.1) is 30.3 Å². The molecule has 0 aliphatic carbocycles. The number of nitrogens with one attached hydrogen (secondary N) is 1. The van der Waals surface area contributed by atoms with Crippen LogP contribution < -0.4 is 15.1 Å². The van der Waals surface area contributed by atoms with Crippen LogP contribution in [0.1, 0.15) is 16.7 Å². The average molecular weight is 627 g/mol. The molecule has 0 saturated carbocycles. The summed E-state index contributed by atoms with van der Waals surface area (Å²) in [6.07, 6.45) is -3.33. The molecule has 1 saturated heterocycles. The van der Waals surface area contributed by atoms with E-state index in [0.717, 1.165) is 28.5 Å². The van der Waals surface area contributed by atoms with Crippen LogP contribution in [0.25, 0.3) is 17.1 Å². The number of rotatable bonds is 9. The fraction of sp³-hybridized carbons (Fsp3) is 0.207. The molecule has 2 heterocycles. The fourth-order valence-electron chi connectivity index (χ4n) is 4.20. The van der Waals surface area contributed by atoms with Crippen molar-refractivity contribution >= 4 is 34.6 Å². The molecule has 11 nitrogen and oxygen atoms in total. The lowest BCUT2D eigenvalue weighted by Crippen LogP contribution is -2.32. The van der Waals surface area contributed by atoms with Crippen LogP contribution in [0.2, 0.25) is 0 Å². The van der Waals surface area contributed by atoms with Crippen LogP contribution in [0.15, 0.2) is 78.0 Å². The van der Waals surface area contributed by atoms with Crippen LogP contribution in [0.4, 0.5) is 23.7 Å². The molecule has 1 aliphatic rings. The molecule has 0 spiro atoms. The zero-order valence-electron chi connectivity index (χ0n) is 23.4. The van der Waals surface area contributed by atoms with Gasteiger partial charge < -0.3 is 9.47 Å². The highest BCUT2D eigenvalue weighted by Crippen LogP contribution is 2.31. The zero-order chi connectivity index (χ0) is 31.3. The van der Waals surface area contributed by atoms with Crippen molar-refractivity contribution in [3.05, 3.63) is 89.7 Å². The maximum atomic E-state index is 12.7. The van der Waals surface area contributed by atoms with Crippen LogP contribution in [-0.4, -0.2) is 51.1 Å². The van der Waals surface area contributed by atoms with Crippen molar-refractivity contribution in [3.63, 3.8) is 0 Å². The number of hydrogen-bond acceptors (Lipinski definition) is 8. The summed E-state index contributed by atoms with van der Waals surface area (Å²) >= 11 is 1.16. The molecule has 44 heavy (non-hydrogen) atoms. The lowest BCUT2D eigenvalue weighted by Gasteiger charge is -2.20. The number of aromatic nitrogens is 3. The van der Waals surface area contributed by atoms with Crippen LogP contribution in [0.5, 0.6) is 5.75 Å². The van der Waals surface area contributed by atoms with Gasteiger partial charge in [-0.25, -0.2) is 19.9 Å². The largest absolute Gasteiger partial charge is 0.573 e. The van der Waals surface area contributed by atoms with E-state index in [4.69, 9.17) is 9.57 Å². The third-order valence-electron chi connectivity index (χ3n) is 6.18. The first-order valence-electron chi connectivity index (χ1n) is 13.0. The Balaban J connectivity index is 1.17. The summed E-state index contributed by atoms with van der Waals surface area (Å²) < 4.78 is 47.7. The van der Waals surface area contributed by atoms with Gasteiger partial charge >= 0.3 is 12.4 Å². The molecule has 228 valence electrons. The Morgan fingerprint density at radius 1 is 1.07 bits per heavy atom. The molecule has 3 aromatic carbocycles. The molecule has 1 aromatic heterocycles. The van der Waals surface area contributed by atoms with Crippen molar-refractivity contribution in [3.8, 4) is 22.8 Å². The molecular weight excluding hydrogens is 601 g/mol. The standard InChI is InChI=1S/C29H25F3N6O5S/c1-18-3-6-21(15-41-2)24(13-18)38-25(39)16-44-28(38)34-27(40)36-42-14-19-4-7-20(8-5-19)26-33-17-37(35-26)22-9-11-23(12-10-22)43-29(30,31)32/h3-13,17H,14-16H2,1-2H3,(H,36,40). The molecule has 3 amide bonds. The number of thioether (sulfide) groups is 1. The van der Waals surface area contributed by atoms with Gasteiger partial charge in [-0.1, -0.05) is 48.2 Å².